The fraction of sp³-hybridized carbons (Fsp3) is 0.444. The van der Waals surface area contributed by atoms with Crippen LogP contribution in [0.3, 0.4) is 0 Å². The fourth-order valence-electron chi connectivity index (χ4n) is 3.99. The molecule has 1 unspecified atom stereocenters. The van der Waals surface area contributed by atoms with E-state index in [-0.39, 0.29) is 17.2 Å². The van der Waals surface area contributed by atoms with Gasteiger partial charge in [0, 0.05) is 44.0 Å². The van der Waals surface area contributed by atoms with Crippen LogP contribution < -0.4 is 0 Å². The summed E-state index contributed by atoms with van der Waals surface area (Å²) in [5.74, 6) is -0.102. The first-order valence-electron chi connectivity index (χ1n) is 8.78. The lowest BCUT2D eigenvalue weighted by Gasteiger charge is -2.40. The van der Waals surface area contributed by atoms with Gasteiger partial charge in [-0.2, -0.15) is 10.2 Å². The van der Waals surface area contributed by atoms with Crippen molar-refractivity contribution in [3.63, 3.8) is 0 Å². The first-order chi connectivity index (χ1) is 12.7. The molecule has 8 nitrogen and oxygen atoms in total. The van der Waals surface area contributed by atoms with Crippen LogP contribution in [0, 0.1) is 5.41 Å². The third-order valence-electron chi connectivity index (χ3n) is 5.29. The zero-order chi connectivity index (χ0) is 18.0. The van der Waals surface area contributed by atoms with Gasteiger partial charge in [0.25, 0.3) is 11.8 Å². The second kappa shape index (κ2) is 6.78. The number of hydrogen-bond donors (Lipinski definition) is 0. The Kier molecular flexibility index (Phi) is 4.32. The molecule has 2 amide bonds. The Morgan fingerprint density at radius 2 is 1.77 bits per heavy atom. The Morgan fingerprint density at radius 3 is 2.50 bits per heavy atom. The number of piperidine rings is 1. The van der Waals surface area contributed by atoms with E-state index in [1.807, 2.05) is 9.80 Å². The molecular formula is C18H20N6O2. The van der Waals surface area contributed by atoms with E-state index < -0.39 is 0 Å². The van der Waals surface area contributed by atoms with Crippen molar-refractivity contribution in [1.29, 1.82) is 0 Å². The molecule has 0 saturated carbocycles. The third kappa shape index (κ3) is 3.14. The van der Waals surface area contributed by atoms with Crippen LogP contribution in [0.4, 0.5) is 0 Å². The van der Waals surface area contributed by atoms with E-state index in [1.54, 1.807) is 12.3 Å². The second-order valence-electron chi connectivity index (χ2n) is 7.03. The average Bonchev–Trinajstić information content (AvgIpc) is 3.11. The number of aromatic nitrogens is 4. The smallest absolute Gasteiger partial charge is 0.274 e. The summed E-state index contributed by atoms with van der Waals surface area (Å²) in [5.41, 5.74) is 0.894. The van der Waals surface area contributed by atoms with Crippen LogP contribution in [0.5, 0.6) is 0 Å². The first-order valence-corrected chi connectivity index (χ1v) is 8.78. The summed E-state index contributed by atoms with van der Waals surface area (Å²) in [6, 6.07) is 1.69. The highest BCUT2D eigenvalue weighted by Gasteiger charge is 2.44. The minimum Gasteiger partial charge on any atom is -0.338 e. The molecule has 0 aromatic carbocycles. The molecule has 2 aliphatic rings. The molecule has 0 radical (unpaired) electrons. The maximum Gasteiger partial charge on any atom is 0.274 e. The van der Waals surface area contributed by atoms with Crippen LogP contribution in [-0.2, 0) is 0 Å². The van der Waals surface area contributed by atoms with Crippen LogP contribution in [0.15, 0.2) is 37.1 Å². The van der Waals surface area contributed by atoms with Crippen LogP contribution in [0.1, 0.15) is 40.1 Å². The average molecular weight is 352 g/mol. The van der Waals surface area contributed by atoms with Crippen molar-refractivity contribution in [2.75, 3.05) is 26.2 Å². The molecule has 134 valence electrons. The van der Waals surface area contributed by atoms with Gasteiger partial charge in [0.1, 0.15) is 5.69 Å². The van der Waals surface area contributed by atoms with E-state index in [4.69, 9.17) is 0 Å². The molecule has 0 bridgehead atoms. The molecule has 2 aliphatic heterocycles. The van der Waals surface area contributed by atoms with E-state index in [1.165, 1.54) is 24.8 Å². The molecule has 4 heterocycles. The number of rotatable bonds is 2. The van der Waals surface area contributed by atoms with Gasteiger partial charge in [-0.3, -0.25) is 14.6 Å². The van der Waals surface area contributed by atoms with Gasteiger partial charge in [0.05, 0.1) is 24.2 Å². The lowest BCUT2D eigenvalue weighted by atomic mass is 9.79. The van der Waals surface area contributed by atoms with Crippen molar-refractivity contribution >= 4 is 11.8 Å². The standard InChI is InChI=1S/C18H20N6O2/c25-16(14-2-5-21-22-10-14)24-9-4-18(13-24)3-1-8-23(12-18)17(26)15-11-19-6-7-20-15/h2,5-7,10-11H,1,3-4,8-9,12-13H2. The predicted molar refractivity (Wildman–Crippen MR) is 92.2 cm³/mol. The first kappa shape index (κ1) is 16.6. The highest BCUT2D eigenvalue weighted by Crippen LogP contribution is 2.39. The third-order valence-corrected chi connectivity index (χ3v) is 5.29. The number of likely N-dealkylation sites (tertiary alicyclic amines) is 2. The summed E-state index contributed by atoms with van der Waals surface area (Å²) in [4.78, 5) is 37.2. The van der Waals surface area contributed by atoms with Crippen LogP contribution in [0.25, 0.3) is 0 Å². The van der Waals surface area contributed by atoms with E-state index in [0.717, 1.165) is 25.8 Å². The molecule has 4 rings (SSSR count). The Morgan fingerprint density at radius 1 is 0.923 bits per heavy atom. The fourth-order valence-corrected chi connectivity index (χ4v) is 3.99. The van der Waals surface area contributed by atoms with Crippen molar-refractivity contribution in [3.05, 3.63) is 48.3 Å². The molecule has 2 aromatic heterocycles. The van der Waals surface area contributed by atoms with Crippen LogP contribution in [-0.4, -0.2) is 68.0 Å². The van der Waals surface area contributed by atoms with Crippen LogP contribution in [0.2, 0.25) is 0 Å². The lowest BCUT2D eigenvalue weighted by molar-refractivity contribution is 0.0510. The number of hydrogen-bond acceptors (Lipinski definition) is 6. The van der Waals surface area contributed by atoms with Gasteiger partial charge in [0.2, 0.25) is 0 Å². The van der Waals surface area contributed by atoms with E-state index in [2.05, 4.69) is 20.2 Å². The summed E-state index contributed by atoms with van der Waals surface area (Å²) >= 11 is 0. The Labute approximate surface area is 151 Å². The molecule has 2 aromatic rings. The SMILES string of the molecule is O=C(c1ccnnc1)N1CCC2(CCCN(C(=O)c3cnccn3)C2)C1. The topological polar surface area (TPSA) is 92.2 Å². The molecule has 0 aliphatic carbocycles. The quantitative estimate of drug-likeness (QED) is 0.802. The number of amides is 2. The van der Waals surface area contributed by atoms with Crippen molar-refractivity contribution < 1.29 is 9.59 Å². The maximum atomic E-state index is 12.7. The Bertz CT molecular complexity index is 800. The predicted octanol–water partition coefficient (Wildman–Crippen LogP) is 1.04. The molecule has 2 saturated heterocycles. The Hall–Kier alpha value is -2.90. The molecular weight excluding hydrogens is 332 g/mol. The monoisotopic (exact) mass is 352 g/mol. The maximum absolute atomic E-state index is 12.7. The van der Waals surface area contributed by atoms with E-state index >= 15 is 0 Å². The highest BCUT2D eigenvalue weighted by atomic mass is 16.2. The summed E-state index contributed by atoms with van der Waals surface area (Å²) in [6.45, 7) is 2.74. The van der Waals surface area contributed by atoms with Gasteiger partial charge < -0.3 is 9.80 Å². The normalized spacial score (nSPS) is 22.6. The van der Waals surface area contributed by atoms with Crippen molar-refractivity contribution in [3.8, 4) is 0 Å². The summed E-state index contributed by atoms with van der Waals surface area (Å²) in [6.07, 6.45) is 10.5. The van der Waals surface area contributed by atoms with Gasteiger partial charge in [-0.05, 0) is 25.3 Å². The van der Waals surface area contributed by atoms with Crippen molar-refractivity contribution in [2.45, 2.75) is 19.3 Å². The highest BCUT2D eigenvalue weighted by molar-refractivity contribution is 5.94. The second-order valence-corrected chi connectivity index (χ2v) is 7.03. The molecule has 0 N–H and O–H groups in total. The zero-order valence-electron chi connectivity index (χ0n) is 14.4. The van der Waals surface area contributed by atoms with Gasteiger partial charge >= 0.3 is 0 Å². The molecule has 8 heteroatoms. The van der Waals surface area contributed by atoms with Crippen LogP contribution >= 0.6 is 0 Å². The zero-order valence-corrected chi connectivity index (χ0v) is 14.4. The number of carbonyl (C=O) groups excluding carboxylic acids is 2. The largest absolute Gasteiger partial charge is 0.338 e. The summed E-state index contributed by atoms with van der Waals surface area (Å²) in [5, 5.41) is 7.51. The molecule has 2 fully saturated rings. The van der Waals surface area contributed by atoms with Gasteiger partial charge in [-0.1, -0.05) is 0 Å². The molecule has 1 atom stereocenters. The van der Waals surface area contributed by atoms with Gasteiger partial charge in [0.15, 0.2) is 0 Å². The minimum atomic E-state index is -0.0831. The number of nitrogens with zero attached hydrogens (tertiary/aromatic N) is 6. The molecule has 1 spiro atoms. The Balaban J connectivity index is 1.46. The van der Waals surface area contributed by atoms with E-state index in [9.17, 15) is 9.59 Å². The summed E-state index contributed by atoms with van der Waals surface area (Å²) < 4.78 is 0. The summed E-state index contributed by atoms with van der Waals surface area (Å²) in [7, 11) is 0. The minimum absolute atomic E-state index is 0.0193. The van der Waals surface area contributed by atoms with Crippen molar-refractivity contribution in [2.24, 2.45) is 5.41 Å². The molecule has 26 heavy (non-hydrogen) atoms. The number of carbonyl (C=O) groups is 2. The van der Waals surface area contributed by atoms with Gasteiger partial charge in [-0.25, -0.2) is 4.98 Å². The van der Waals surface area contributed by atoms with E-state index in [0.29, 0.717) is 30.9 Å². The lowest BCUT2D eigenvalue weighted by Crippen LogP contribution is -2.48. The van der Waals surface area contributed by atoms with Gasteiger partial charge in [-0.15, -0.1) is 0 Å². The van der Waals surface area contributed by atoms with Crippen molar-refractivity contribution in [1.82, 2.24) is 30.0 Å².